The Hall–Kier alpha value is -3.58. The van der Waals surface area contributed by atoms with E-state index in [2.05, 4.69) is 43.2 Å². The topological polar surface area (TPSA) is 60.9 Å². The van der Waals surface area contributed by atoms with Crippen LogP contribution < -0.4 is 20.0 Å². The number of piperazine rings is 1. The van der Waals surface area contributed by atoms with E-state index in [-0.39, 0.29) is 5.91 Å². The zero-order valence-electron chi connectivity index (χ0n) is 18.7. The maximum atomic E-state index is 13.0. The molecule has 2 aliphatic heterocycles. The van der Waals surface area contributed by atoms with Crippen LogP contribution in [0.15, 0.2) is 72.9 Å². The van der Waals surface area contributed by atoms with E-state index in [0.29, 0.717) is 18.8 Å². The second-order valence-corrected chi connectivity index (χ2v) is 8.28. The average molecular weight is 444 g/mol. The second-order valence-electron chi connectivity index (χ2n) is 8.28. The van der Waals surface area contributed by atoms with E-state index >= 15 is 0 Å². The van der Waals surface area contributed by atoms with Crippen molar-refractivity contribution in [1.29, 1.82) is 0 Å². The van der Waals surface area contributed by atoms with Crippen molar-refractivity contribution in [3.05, 3.63) is 78.5 Å². The third-order valence-corrected chi connectivity index (χ3v) is 6.24. The van der Waals surface area contributed by atoms with E-state index in [9.17, 15) is 4.79 Å². The summed E-state index contributed by atoms with van der Waals surface area (Å²) in [6, 6.07) is 21.9. The van der Waals surface area contributed by atoms with Gasteiger partial charge in [0.2, 0.25) is 0 Å². The average Bonchev–Trinajstić information content (AvgIpc) is 2.90. The molecule has 0 atom stereocenters. The van der Waals surface area contributed by atoms with Crippen LogP contribution in [0.2, 0.25) is 0 Å². The lowest BCUT2D eigenvalue weighted by Crippen LogP contribution is -2.46. The summed E-state index contributed by atoms with van der Waals surface area (Å²) < 4.78 is 5.45. The Labute approximate surface area is 194 Å². The van der Waals surface area contributed by atoms with Crippen LogP contribution in [0.3, 0.4) is 0 Å². The predicted molar refractivity (Wildman–Crippen MR) is 133 cm³/mol. The molecule has 2 aromatic carbocycles. The Balaban J connectivity index is 1.21. The number of amides is 1. The third-order valence-electron chi connectivity index (χ3n) is 6.24. The molecule has 0 saturated carbocycles. The number of hydrogen-bond acceptors (Lipinski definition) is 6. The molecule has 2 saturated heterocycles. The highest BCUT2D eigenvalue weighted by molar-refractivity contribution is 6.08. The number of hydrogen-bond donors (Lipinski definition) is 1. The molecule has 0 aliphatic carbocycles. The van der Waals surface area contributed by atoms with Crippen molar-refractivity contribution in [3.63, 3.8) is 0 Å². The van der Waals surface area contributed by atoms with Gasteiger partial charge in [-0.2, -0.15) is 0 Å². The molecule has 170 valence electrons. The lowest BCUT2D eigenvalue weighted by atomic mass is 10.1. The molecule has 3 aromatic rings. The van der Waals surface area contributed by atoms with Gasteiger partial charge in [-0.3, -0.25) is 4.79 Å². The molecule has 2 fully saturated rings. The van der Waals surface area contributed by atoms with Crippen LogP contribution in [0.1, 0.15) is 10.4 Å². The summed E-state index contributed by atoms with van der Waals surface area (Å²) in [5.74, 6) is 0.946. The van der Waals surface area contributed by atoms with Gasteiger partial charge in [0.25, 0.3) is 5.91 Å². The Morgan fingerprint density at radius 1 is 0.758 bits per heavy atom. The zero-order valence-corrected chi connectivity index (χ0v) is 18.7. The Morgan fingerprint density at radius 2 is 1.45 bits per heavy atom. The molecular weight excluding hydrogens is 414 g/mol. The van der Waals surface area contributed by atoms with Crippen LogP contribution in [0.5, 0.6) is 0 Å². The second kappa shape index (κ2) is 9.92. The molecule has 7 heteroatoms. The van der Waals surface area contributed by atoms with Crippen molar-refractivity contribution in [2.24, 2.45) is 0 Å². The predicted octanol–water partition coefficient (Wildman–Crippen LogP) is 3.50. The number of carbonyl (C=O) groups is 1. The van der Waals surface area contributed by atoms with E-state index in [4.69, 9.17) is 4.74 Å². The number of nitrogens with zero attached hydrogens (tertiary/aromatic N) is 4. The number of para-hydroxylation sites is 1. The number of morpholine rings is 1. The minimum atomic E-state index is -0.0891. The molecule has 1 amide bonds. The summed E-state index contributed by atoms with van der Waals surface area (Å²) in [6.07, 6.45) is 1.84. The van der Waals surface area contributed by atoms with Gasteiger partial charge in [-0.25, -0.2) is 4.98 Å². The number of ether oxygens (including phenoxy) is 1. The van der Waals surface area contributed by atoms with Gasteiger partial charge in [0.15, 0.2) is 0 Å². The Bertz CT molecular complexity index is 1060. The van der Waals surface area contributed by atoms with Gasteiger partial charge >= 0.3 is 0 Å². The first-order valence-electron chi connectivity index (χ1n) is 11.5. The quantitative estimate of drug-likeness (QED) is 0.651. The van der Waals surface area contributed by atoms with Crippen molar-refractivity contribution in [3.8, 4) is 0 Å². The number of nitrogens with one attached hydrogen (secondary N) is 1. The molecule has 5 rings (SSSR count). The first-order valence-corrected chi connectivity index (χ1v) is 11.5. The fourth-order valence-electron chi connectivity index (χ4n) is 4.43. The highest BCUT2D eigenvalue weighted by atomic mass is 16.5. The lowest BCUT2D eigenvalue weighted by Gasteiger charge is -2.36. The summed E-state index contributed by atoms with van der Waals surface area (Å²) in [7, 11) is 0. The number of rotatable bonds is 5. The maximum Gasteiger partial charge on any atom is 0.257 e. The molecule has 0 radical (unpaired) electrons. The fraction of sp³-hybridized carbons (Fsp3) is 0.308. The Morgan fingerprint density at radius 3 is 2.18 bits per heavy atom. The van der Waals surface area contributed by atoms with Gasteiger partial charge in [0.05, 0.1) is 18.8 Å². The fourth-order valence-corrected chi connectivity index (χ4v) is 4.43. The molecule has 7 nitrogen and oxygen atoms in total. The summed E-state index contributed by atoms with van der Waals surface area (Å²) >= 11 is 0. The summed E-state index contributed by atoms with van der Waals surface area (Å²) in [4.78, 5) is 24.4. The molecular formula is C26H29N5O2. The van der Waals surface area contributed by atoms with Crippen molar-refractivity contribution >= 4 is 28.8 Å². The van der Waals surface area contributed by atoms with E-state index < -0.39 is 0 Å². The minimum absolute atomic E-state index is 0.0891. The van der Waals surface area contributed by atoms with Crippen LogP contribution in [0.25, 0.3) is 0 Å². The minimum Gasteiger partial charge on any atom is -0.378 e. The van der Waals surface area contributed by atoms with Gasteiger partial charge in [-0.1, -0.05) is 18.2 Å². The normalized spacial score (nSPS) is 16.5. The van der Waals surface area contributed by atoms with Crippen LogP contribution >= 0.6 is 0 Å². The first kappa shape index (κ1) is 21.3. The van der Waals surface area contributed by atoms with Crippen molar-refractivity contribution in [2.75, 3.05) is 72.5 Å². The highest BCUT2D eigenvalue weighted by Gasteiger charge is 2.20. The molecule has 3 heterocycles. The van der Waals surface area contributed by atoms with Gasteiger partial charge in [-0.15, -0.1) is 0 Å². The van der Waals surface area contributed by atoms with Crippen molar-refractivity contribution in [1.82, 2.24) is 4.98 Å². The smallest absolute Gasteiger partial charge is 0.257 e. The molecule has 1 N–H and O–H groups in total. The van der Waals surface area contributed by atoms with E-state index in [0.717, 1.165) is 56.5 Å². The summed E-state index contributed by atoms with van der Waals surface area (Å²) in [5, 5.41) is 3.06. The van der Waals surface area contributed by atoms with Crippen LogP contribution in [-0.2, 0) is 4.74 Å². The number of aromatic nitrogens is 1. The van der Waals surface area contributed by atoms with Crippen LogP contribution in [-0.4, -0.2) is 63.4 Å². The standard InChI is InChI=1S/C26H29N5O2/c32-26(23-5-1-2-6-24(23)30-17-19-33-20-18-30)28-21-8-10-22(11-9-21)29-13-15-31(16-14-29)25-7-3-4-12-27-25/h1-12H,13-20H2,(H,28,32). The molecule has 0 spiro atoms. The largest absolute Gasteiger partial charge is 0.378 e. The monoisotopic (exact) mass is 443 g/mol. The lowest BCUT2D eigenvalue weighted by molar-refractivity contribution is 0.102. The van der Waals surface area contributed by atoms with Gasteiger partial charge in [0, 0.05) is 62.5 Å². The molecule has 2 aliphatic rings. The zero-order chi connectivity index (χ0) is 22.5. The van der Waals surface area contributed by atoms with Crippen LogP contribution in [0, 0.1) is 0 Å². The molecule has 0 bridgehead atoms. The molecule has 0 unspecified atom stereocenters. The molecule has 1 aromatic heterocycles. The maximum absolute atomic E-state index is 13.0. The van der Waals surface area contributed by atoms with Crippen molar-refractivity contribution < 1.29 is 9.53 Å². The van der Waals surface area contributed by atoms with E-state index in [1.165, 1.54) is 5.69 Å². The summed E-state index contributed by atoms with van der Waals surface area (Å²) in [5.41, 5.74) is 3.62. The summed E-state index contributed by atoms with van der Waals surface area (Å²) in [6.45, 7) is 6.73. The van der Waals surface area contributed by atoms with Crippen LogP contribution in [0.4, 0.5) is 22.9 Å². The number of anilines is 4. The number of benzene rings is 2. The van der Waals surface area contributed by atoms with Crippen molar-refractivity contribution in [2.45, 2.75) is 0 Å². The highest BCUT2D eigenvalue weighted by Crippen LogP contribution is 2.24. The molecule has 33 heavy (non-hydrogen) atoms. The Kier molecular flexibility index (Phi) is 6.39. The SMILES string of the molecule is O=C(Nc1ccc(N2CCN(c3ccccn3)CC2)cc1)c1ccccc1N1CCOCC1. The third kappa shape index (κ3) is 4.93. The van der Waals surface area contributed by atoms with Gasteiger partial charge < -0.3 is 24.8 Å². The van der Waals surface area contributed by atoms with E-state index in [1.54, 1.807) is 0 Å². The van der Waals surface area contributed by atoms with Gasteiger partial charge in [-0.05, 0) is 48.5 Å². The first-order chi connectivity index (χ1) is 16.3. The van der Waals surface area contributed by atoms with Gasteiger partial charge in [0.1, 0.15) is 5.82 Å². The number of pyridine rings is 1. The van der Waals surface area contributed by atoms with E-state index in [1.807, 2.05) is 54.7 Å². The number of carbonyl (C=O) groups excluding carboxylic acids is 1.